The number of nitrogens with zero attached hydrogens (tertiary/aromatic N) is 1. The second-order valence-electron chi connectivity index (χ2n) is 4.31. The van der Waals surface area contributed by atoms with Crippen molar-refractivity contribution in [1.82, 2.24) is 4.90 Å². The van der Waals surface area contributed by atoms with Gasteiger partial charge >= 0.3 is 0 Å². The lowest BCUT2D eigenvalue weighted by molar-refractivity contribution is -0.139. The van der Waals surface area contributed by atoms with Crippen LogP contribution in [0.25, 0.3) is 0 Å². The van der Waals surface area contributed by atoms with Gasteiger partial charge in [-0.3, -0.25) is 4.79 Å². The molecule has 88 valence electrons. The molecule has 1 aliphatic rings. The fourth-order valence-electron chi connectivity index (χ4n) is 1.73. The number of amides is 1. The highest BCUT2D eigenvalue weighted by Crippen LogP contribution is 2.19. The van der Waals surface area contributed by atoms with E-state index in [1.165, 1.54) is 0 Å². The molecule has 0 radical (unpaired) electrons. The van der Waals surface area contributed by atoms with E-state index in [0.717, 1.165) is 13.0 Å². The number of carbonyl (C=O) groups excluding carboxylic acids is 1. The number of morpholine rings is 1. The molecule has 1 heterocycles. The smallest absolute Gasteiger partial charge is 0.237 e. The minimum atomic E-state index is -0.0651. The first-order valence-electron chi connectivity index (χ1n) is 5.60. The number of alkyl halides is 1. The van der Waals surface area contributed by atoms with Gasteiger partial charge in [0.15, 0.2) is 0 Å². The highest BCUT2D eigenvalue weighted by atomic mass is 79.9. The molecule has 0 aromatic rings. The molecule has 0 bridgehead atoms. The first-order valence-corrected chi connectivity index (χ1v) is 6.51. The van der Waals surface area contributed by atoms with Crippen molar-refractivity contribution in [1.29, 1.82) is 0 Å². The number of halogens is 1. The van der Waals surface area contributed by atoms with E-state index < -0.39 is 0 Å². The van der Waals surface area contributed by atoms with E-state index in [1.54, 1.807) is 0 Å². The number of carbonyl (C=O) groups is 1. The van der Waals surface area contributed by atoms with Gasteiger partial charge in [-0.2, -0.15) is 0 Å². The maximum atomic E-state index is 12.1. The zero-order chi connectivity index (χ0) is 11.4. The molecule has 0 spiro atoms. The summed E-state index contributed by atoms with van der Waals surface area (Å²) >= 11 is 3.47. The van der Waals surface area contributed by atoms with E-state index >= 15 is 0 Å². The van der Waals surface area contributed by atoms with E-state index in [-0.39, 0.29) is 16.8 Å². The molecule has 0 saturated carbocycles. The lowest BCUT2D eigenvalue weighted by Crippen LogP contribution is -2.51. The fraction of sp³-hybridized carbons (Fsp3) is 0.909. The second kappa shape index (κ2) is 5.85. The molecule has 1 fully saturated rings. The van der Waals surface area contributed by atoms with Crippen LogP contribution in [0.2, 0.25) is 0 Å². The summed E-state index contributed by atoms with van der Waals surface area (Å²) in [5, 5.41) is 0. The van der Waals surface area contributed by atoms with Gasteiger partial charge < -0.3 is 9.64 Å². The van der Waals surface area contributed by atoms with Crippen molar-refractivity contribution in [3.63, 3.8) is 0 Å². The number of rotatable bonds is 3. The Morgan fingerprint density at radius 2 is 2.27 bits per heavy atom. The summed E-state index contributed by atoms with van der Waals surface area (Å²) in [6.45, 7) is 8.28. The highest BCUT2D eigenvalue weighted by molar-refractivity contribution is 9.10. The van der Waals surface area contributed by atoms with Gasteiger partial charge in [-0.05, 0) is 12.3 Å². The molecule has 1 saturated heterocycles. The van der Waals surface area contributed by atoms with Crippen molar-refractivity contribution in [3.8, 4) is 0 Å². The molecule has 15 heavy (non-hydrogen) atoms. The van der Waals surface area contributed by atoms with Crippen molar-refractivity contribution in [2.24, 2.45) is 5.92 Å². The van der Waals surface area contributed by atoms with Crippen LogP contribution >= 0.6 is 15.9 Å². The van der Waals surface area contributed by atoms with Gasteiger partial charge in [-0.15, -0.1) is 0 Å². The summed E-state index contributed by atoms with van der Waals surface area (Å²) in [5.74, 6) is 0.540. The third kappa shape index (κ3) is 3.18. The average molecular weight is 278 g/mol. The third-order valence-corrected chi connectivity index (χ3v) is 4.25. The summed E-state index contributed by atoms with van der Waals surface area (Å²) in [4.78, 5) is 14.0. The van der Waals surface area contributed by atoms with Gasteiger partial charge in [0.25, 0.3) is 0 Å². The molecule has 2 atom stereocenters. The Labute approximate surface area is 100 Å². The molecule has 1 aliphatic heterocycles. The fourth-order valence-corrected chi connectivity index (χ4v) is 1.99. The second-order valence-corrected chi connectivity index (χ2v) is 5.30. The van der Waals surface area contributed by atoms with Crippen LogP contribution in [0.15, 0.2) is 0 Å². The van der Waals surface area contributed by atoms with E-state index in [9.17, 15) is 4.79 Å². The molecule has 3 nitrogen and oxygen atoms in total. The normalized spacial score (nSPS) is 24.3. The van der Waals surface area contributed by atoms with E-state index in [2.05, 4.69) is 36.7 Å². The minimum Gasteiger partial charge on any atom is -0.377 e. The lowest BCUT2D eigenvalue weighted by atomic mass is 10.1. The average Bonchev–Trinajstić information content (AvgIpc) is 2.26. The minimum absolute atomic E-state index is 0.0651. The predicted octanol–water partition coefficient (Wildman–Crippen LogP) is 2.04. The molecule has 0 aliphatic carbocycles. The maximum Gasteiger partial charge on any atom is 0.237 e. The number of ether oxygens (including phenoxy) is 1. The zero-order valence-electron chi connectivity index (χ0n) is 9.70. The zero-order valence-corrected chi connectivity index (χ0v) is 11.3. The third-order valence-electron chi connectivity index (χ3n) is 2.80. The van der Waals surface area contributed by atoms with Crippen molar-refractivity contribution >= 4 is 21.8 Å². The highest BCUT2D eigenvalue weighted by Gasteiger charge is 2.30. The van der Waals surface area contributed by atoms with Crippen molar-refractivity contribution in [3.05, 3.63) is 0 Å². The maximum absolute atomic E-state index is 12.1. The topological polar surface area (TPSA) is 29.5 Å². The Balaban J connectivity index is 2.63. The van der Waals surface area contributed by atoms with Crippen LogP contribution in [-0.2, 0) is 9.53 Å². The van der Waals surface area contributed by atoms with Crippen LogP contribution in [-0.4, -0.2) is 41.4 Å². The molecule has 1 rings (SSSR count). The lowest BCUT2D eigenvalue weighted by Gasteiger charge is -2.36. The van der Waals surface area contributed by atoms with Gasteiger partial charge in [0.1, 0.15) is 0 Å². The number of hydrogen-bond acceptors (Lipinski definition) is 2. The first kappa shape index (κ1) is 13.0. The van der Waals surface area contributed by atoms with Gasteiger partial charge in [0, 0.05) is 6.54 Å². The molecule has 0 N–H and O–H groups in total. The molecule has 1 amide bonds. The predicted molar refractivity (Wildman–Crippen MR) is 64.2 cm³/mol. The number of hydrogen-bond donors (Lipinski definition) is 0. The standard InChI is InChI=1S/C11H20BrNO2/c1-4-9-7-15-6-5-13(9)11(14)10(12)8(2)3/h8-10H,4-7H2,1-3H3. The van der Waals surface area contributed by atoms with Crippen LogP contribution in [0.3, 0.4) is 0 Å². The summed E-state index contributed by atoms with van der Waals surface area (Å²) in [5.41, 5.74) is 0. The Morgan fingerprint density at radius 3 is 2.80 bits per heavy atom. The molecule has 0 aromatic carbocycles. The molecule has 0 aromatic heterocycles. The van der Waals surface area contributed by atoms with Crippen molar-refractivity contribution in [2.75, 3.05) is 19.8 Å². The van der Waals surface area contributed by atoms with Crippen molar-refractivity contribution in [2.45, 2.75) is 38.1 Å². The van der Waals surface area contributed by atoms with Crippen LogP contribution in [0.4, 0.5) is 0 Å². The molecular weight excluding hydrogens is 258 g/mol. The van der Waals surface area contributed by atoms with E-state index in [0.29, 0.717) is 19.1 Å². The van der Waals surface area contributed by atoms with E-state index in [1.807, 2.05) is 4.90 Å². The Kier molecular flexibility index (Phi) is 5.06. The first-order chi connectivity index (χ1) is 7.07. The summed E-state index contributed by atoms with van der Waals surface area (Å²) in [6.07, 6.45) is 0.962. The largest absolute Gasteiger partial charge is 0.377 e. The van der Waals surface area contributed by atoms with Crippen LogP contribution < -0.4 is 0 Å². The molecule has 4 heteroatoms. The quantitative estimate of drug-likeness (QED) is 0.739. The van der Waals surface area contributed by atoms with E-state index in [4.69, 9.17) is 4.74 Å². The van der Waals surface area contributed by atoms with Crippen LogP contribution in [0.5, 0.6) is 0 Å². The van der Waals surface area contributed by atoms with Crippen molar-refractivity contribution < 1.29 is 9.53 Å². The molecular formula is C11H20BrNO2. The Morgan fingerprint density at radius 1 is 1.60 bits per heavy atom. The van der Waals surface area contributed by atoms with Gasteiger partial charge in [0.2, 0.25) is 5.91 Å². The molecule has 2 unspecified atom stereocenters. The monoisotopic (exact) mass is 277 g/mol. The van der Waals surface area contributed by atoms with Gasteiger partial charge in [-0.25, -0.2) is 0 Å². The summed E-state index contributed by atoms with van der Waals surface area (Å²) in [6, 6.07) is 0.255. The van der Waals surface area contributed by atoms with Gasteiger partial charge in [-0.1, -0.05) is 36.7 Å². The van der Waals surface area contributed by atoms with Crippen LogP contribution in [0, 0.1) is 5.92 Å². The summed E-state index contributed by atoms with van der Waals surface area (Å²) in [7, 11) is 0. The SMILES string of the molecule is CCC1COCCN1C(=O)C(Br)C(C)C. The van der Waals surface area contributed by atoms with Crippen LogP contribution in [0.1, 0.15) is 27.2 Å². The Bertz CT molecular complexity index is 221. The van der Waals surface area contributed by atoms with Gasteiger partial charge in [0.05, 0.1) is 24.1 Å². The Hall–Kier alpha value is -0.0900. The summed E-state index contributed by atoms with van der Waals surface area (Å²) < 4.78 is 5.38.